The summed E-state index contributed by atoms with van der Waals surface area (Å²) in [6, 6.07) is 24.6. The van der Waals surface area contributed by atoms with E-state index in [1.54, 1.807) is 13.2 Å². The van der Waals surface area contributed by atoms with Gasteiger partial charge in [-0.05, 0) is 48.0 Å². The van der Waals surface area contributed by atoms with Crippen LogP contribution >= 0.6 is 0 Å². The largest absolute Gasteiger partial charge is 0.497 e. The number of nitrogens with zero attached hydrogens (tertiary/aromatic N) is 2. The molecule has 0 unspecified atom stereocenters. The predicted octanol–water partition coefficient (Wildman–Crippen LogP) is 4.45. The second-order valence-corrected chi connectivity index (χ2v) is 6.21. The minimum absolute atomic E-state index is 0.149. The lowest BCUT2D eigenvalue weighted by Gasteiger charge is -2.13. The summed E-state index contributed by atoms with van der Waals surface area (Å²) in [5, 5.41) is 0.563. The standard InChI is InChI=1S/C23H19N3O2/c1-28-19-14-11-17(12-15-19)13-16-22-24-21-10-6-5-9-20(21)23(27)26(22)25-18-7-3-2-4-8-18/h2-16,25H,1H3/b16-13+. The van der Waals surface area contributed by atoms with Gasteiger partial charge >= 0.3 is 0 Å². The van der Waals surface area contributed by atoms with E-state index in [2.05, 4.69) is 10.4 Å². The number of hydrogen-bond acceptors (Lipinski definition) is 4. The van der Waals surface area contributed by atoms with Gasteiger partial charge in [0.1, 0.15) is 5.75 Å². The van der Waals surface area contributed by atoms with Crippen molar-refractivity contribution >= 4 is 28.7 Å². The maximum absolute atomic E-state index is 13.1. The van der Waals surface area contributed by atoms with E-state index >= 15 is 0 Å². The lowest BCUT2D eigenvalue weighted by atomic mass is 10.2. The molecular weight excluding hydrogens is 350 g/mol. The molecule has 4 aromatic rings. The fourth-order valence-corrected chi connectivity index (χ4v) is 2.90. The number of rotatable bonds is 5. The van der Waals surface area contributed by atoms with Gasteiger partial charge in [-0.15, -0.1) is 0 Å². The zero-order valence-corrected chi connectivity index (χ0v) is 15.4. The molecule has 0 aliphatic heterocycles. The molecule has 138 valence electrons. The molecule has 0 spiro atoms. The lowest BCUT2D eigenvalue weighted by Crippen LogP contribution is -2.29. The first kappa shape index (κ1) is 17.5. The zero-order valence-electron chi connectivity index (χ0n) is 15.4. The highest BCUT2D eigenvalue weighted by Gasteiger charge is 2.09. The Morgan fingerprint density at radius 3 is 2.36 bits per heavy atom. The number of methoxy groups -OCH3 is 1. The number of para-hydroxylation sites is 2. The highest BCUT2D eigenvalue weighted by atomic mass is 16.5. The van der Waals surface area contributed by atoms with Crippen LogP contribution in [0.2, 0.25) is 0 Å². The van der Waals surface area contributed by atoms with E-state index in [9.17, 15) is 4.79 Å². The minimum atomic E-state index is -0.149. The Labute approximate surface area is 162 Å². The van der Waals surface area contributed by atoms with Gasteiger partial charge in [-0.25, -0.2) is 9.66 Å². The van der Waals surface area contributed by atoms with Crippen LogP contribution < -0.4 is 15.7 Å². The average molecular weight is 369 g/mol. The molecular formula is C23H19N3O2. The molecule has 1 N–H and O–H groups in total. The monoisotopic (exact) mass is 369 g/mol. The molecule has 4 rings (SSSR count). The Morgan fingerprint density at radius 1 is 0.893 bits per heavy atom. The van der Waals surface area contributed by atoms with Crippen LogP contribution in [0.15, 0.2) is 83.7 Å². The summed E-state index contributed by atoms with van der Waals surface area (Å²) in [6.45, 7) is 0. The fourth-order valence-electron chi connectivity index (χ4n) is 2.90. The summed E-state index contributed by atoms with van der Waals surface area (Å²) in [6.07, 6.45) is 3.74. The smallest absolute Gasteiger partial charge is 0.280 e. The molecule has 0 saturated heterocycles. The Balaban J connectivity index is 1.79. The SMILES string of the molecule is COc1ccc(/C=C/c2nc3ccccc3c(=O)n2Nc2ccccc2)cc1. The number of aromatic nitrogens is 2. The van der Waals surface area contributed by atoms with Crippen molar-refractivity contribution in [3.8, 4) is 5.75 Å². The van der Waals surface area contributed by atoms with E-state index in [-0.39, 0.29) is 5.56 Å². The van der Waals surface area contributed by atoms with Gasteiger partial charge < -0.3 is 4.74 Å². The molecule has 0 aliphatic carbocycles. The normalized spacial score (nSPS) is 11.0. The van der Waals surface area contributed by atoms with Gasteiger partial charge in [0.15, 0.2) is 5.82 Å². The van der Waals surface area contributed by atoms with Gasteiger partial charge in [-0.2, -0.15) is 0 Å². The maximum Gasteiger partial charge on any atom is 0.280 e. The summed E-state index contributed by atoms with van der Waals surface area (Å²) in [4.78, 5) is 17.7. The molecule has 5 nitrogen and oxygen atoms in total. The molecule has 28 heavy (non-hydrogen) atoms. The van der Waals surface area contributed by atoms with Crippen molar-refractivity contribution < 1.29 is 4.74 Å². The first-order valence-electron chi connectivity index (χ1n) is 8.90. The minimum Gasteiger partial charge on any atom is -0.497 e. The molecule has 0 radical (unpaired) electrons. The first-order chi connectivity index (χ1) is 13.7. The van der Waals surface area contributed by atoms with Crippen molar-refractivity contribution in [2.24, 2.45) is 0 Å². The van der Waals surface area contributed by atoms with Crippen LogP contribution in [0, 0.1) is 0 Å². The Hall–Kier alpha value is -3.86. The highest BCUT2D eigenvalue weighted by Crippen LogP contribution is 2.15. The molecule has 0 aliphatic rings. The van der Waals surface area contributed by atoms with Crippen molar-refractivity contribution in [2.75, 3.05) is 12.5 Å². The molecule has 0 fully saturated rings. The molecule has 5 heteroatoms. The molecule has 1 heterocycles. The van der Waals surface area contributed by atoms with Gasteiger partial charge in [0.25, 0.3) is 5.56 Å². The summed E-state index contributed by atoms with van der Waals surface area (Å²) < 4.78 is 6.66. The predicted molar refractivity (Wildman–Crippen MR) is 113 cm³/mol. The van der Waals surface area contributed by atoms with Crippen LogP contribution in [0.1, 0.15) is 11.4 Å². The van der Waals surface area contributed by atoms with Crippen LogP contribution in [0.3, 0.4) is 0 Å². The van der Waals surface area contributed by atoms with E-state index in [0.29, 0.717) is 16.7 Å². The second kappa shape index (κ2) is 7.80. The summed E-state index contributed by atoms with van der Waals surface area (Å²) in [7, 11) is 1.64. The van der Waals surface area contributed by atoms with Gasteiger partial charge in [0, 0.05) is 0 Å². The third-order valence-electron chi connectivity index (χ3n) is 4.36. The van der Waals surface area contributed by atoms with E-state index in [0.717, 1.165) is 17.0 Å². The van der Waals surface area contributed by atoms with Gasteiger partial charge in [0.2, 0.25) is 0 Å². The molecule has 0 atom stereocenters. The summed E-state index contributed by atoms with van der Waals surface area (Å²) in [5.41, 5.74) is 5.46. The molecule has 0 bridgehead atoms. The number of fused-ring (bicyclic) bond motifs is 1. The van der Waals surface area contributed by atoms with Gasteiger partial charge in [-0.1, -0.05) is 48.5 Å². The summed E-state index contributed by atoms with van der Waals surface area (Å²) in [5.74, 6) is 1.31. The van der Waals surface area contributed by atoms with Gasteiger partial charge in [0.05, 0.1) is 23.7 Å². The van der Waals surface area contributed by atoms with Crippen LogP contribution in [0.5, 0.6) is 5.75 Å². The van der Waals surface area contributed by atoms with Crippen LogP contribution in [0.25, 0.3) is 23.1 Å². The van der Waals surface area contributed by atoms with E-state index < -0.39 is 0 Å². The molecule has 1 aromatic heterocycles. The number of hydrogen-bond donors (Lipinski definition) is 1. The van der Waals surface area contributed by atoms with Gasteiger partial charge in [-0.3, -0.25) is 10.2 Å². The van der Waals surface area contributed by atoms with Crippen molar-refractivity contribution in [3.05, 3.63) is 101 Å². The fraction of sp³-hybridized carbons (Fsp3) is 0.0435. The Bertz CT molecular complexity index is 1180. The lowest BCUT2D eigenvalue weighted by molar-refractivity contribution is 0.415. The molecule has 0 amide bonds. The Morgan fingerprint density at radius 2 is 1.61 bits per heavy atom. The van der Waals surface area contributed by atoms with Crippen LogP contribution in [0.4, 0.5) is 5.69 Å². The van der Waals surface area contributed by atoms with Crippen molar-refractivity contribution in [1.82, 2.24) is 9.66 Å². The Kier molecular flexibility index (Phi) is 4.89. The molecule has 0 saturated carbocycles. The second-order valence-electron chi connectivity index (χ2n) is 6.21. The number of anilines is 1. The highest BCUT2D eigenvalue weighted by molar-refractivity contribution is 5.79. The summed E-state index contributed by atoms with van der Waals surface area (Å²) >= 11 is 0. The van der Waals surface area contributed by atoms with Crippen molar-refractivity contribution in [3.63, 3.8) is 0 Å². The quantitative estimate of drug-likeness (QED) is 0.565. The third kappa shape index (κ3) is 3.64. The number of benzene rings is 3. The van der Waals surface area contributed by atoms with Crippen molar-refractivity contribution in [2.45, 2.75) is 0 Å². The molecule has 3 aromatic carbocycles. The third-order valence-corrected chi connectivity index (χ3v) is 4.36. The number of ether oxygens (including phenoxy) is 1. The van der Waals surface area contributed by atoms with Crippen LogP contribution in [-0.4, -0.2) is 16.8 Å². The number of nitrogens with one attached hydrogen (secondary N) is 1. The van der Waals surface area contributed by atoms with E-state index in [4.69, 9.17) is 4.74 Å². The average Bonchev–Trinajstić information content (AvgIpc) is 2.75. The maximum atomic E-state index is 13.1. The van der Waals surface area contributed by atoms with Crippen LogP contribution in [-0.2, 0) is 0 Å². The van der Waals surface area contributed by atoms with E-state index in [1.165, 1.54) is 4.68 Å². The topological polar surface area (TPSA) is 56.1 Å². The first-order valence-corrected chi connectivity index (χ1v) is 8.90. The van der Waals surface area contributed by atoms with E-state index in [1.807, 2.05) is 84.9 Å². The van der Waals surface area contributed by atoms with Crippen molar-refractivity contribution in [1.29, 1.82) is 0 Å². The zero-order chi connectivity index (χ0) is 19.3.